The van der Waals surface area contributed by atoms with Crippen LogP contribution in [0.4, 0.5) is 4.39 Å². The smallest absolute Gasteiger partial charge is 0.310 e. The summed E-state index contributed by atoms with van der Waals surface area (Å²) in [4.78, 5) is 11.0. The van der Waals surface area contributed by atoms with Crippen molar-refractivity contribution in [2.24, 2.45) is 0 Å². The average Bonchev–Trinajstić information content (AvgIpc) is 2.36. The van der Waals surface area contributed by atoms with Crippen LogP contribution in [0.5, 0.6) is 11.5 Å². The van der Waals surface area contributed by atoms with Crippen LogP contribution in [-0.2, 0) is 4.79 Å². The zero-order valence-corrected chi connectivity index (χ0v) is 10.3. The van der Waals surface area contributed by atoms with Gasteiger partial charge in [0, 0.05) is 0 Å². The van der Waals surface area contributed by atoms with Gasteiger partial charge in [0.15, 0.2) is 11.5 Å². The second-order valence-electron chi connectivity index (χ2n) is 4.30. The van der Waals surface area contributed by atoms with Crippen LogP contribution in [0.1, 0.15) is 37.1 Å². The Morgan fingerprint density at radius 1 is 1.22 bits per heavy atom. The molecule has 2 atom stereocenters. The van der Waals surface area contributed by atoms with Crippen molar-refractivity contribution in [1.29, 1.82) is 0 Å². The van der Waals surface area contributed by atoms with Crippen molar-refractivity contribution in [1.82, 2.24) is 0 Å². The van der Waals surface area contributed by atoms with Crippen LogP contribution in [0.15, 0.2) is 12.1 Å². The topological polar surface area (TPSA) is 55.8 Å². The third-order valence-corrected chi connectivity index (χ3v) is 3.01. The number of hydrogen-bond acceptors (Lipinski definition) is 3. The highest BCUT2D eigenvalue weighted by Gasteiger charge is 2.24. The molecule has 0 aromatic heterocycles. The van der Waals surface area contributed by atoms with E-state index in [1.165, 1.54) is 19.9 Å². The molecule has 0 aliphatic carbocycles. The molecule has 2 unspecified atom stereocenters. The summed E-state index contributed by atoms with van der Waals surface area (Å²) in [5.74, 6) is -0.821. The van der Waals surface area contributed by atoms with Crippen molar-refractivity contribution >= 4 is 5.97 Å². The Hall–Kier alpha value is -1.78. The largest absolute Gasteiger partial charge is 0.486 e. The summed E-state index contributed by atoms with van der Waals surface area (Å²) < 4.78 is 24.4. The van der Waals surface area contributed by atoms with Crippen LogP contribution in [0.3, 0.4) is 0 Å². The quantitative estimate of drug-likeness (QED) is 0.901. The standard InChI is InChI=1S/C13H15FO4/c1-7(13(15)16)9-5-11-12(18-4-3-17-11)6-10(9)8(2)14/h5-8H,3-4H2,1-2H3,(H,15,16). The molecule has 2 rings (SSSR count). The fourth-order valence-corrected chi connectivity index (χ4v) is 1.97. The SMILES string of the molecule is CC(F)c1cc2c(cc1C(C)C(=O)O)OCCO2. The number of rotatable bonds is 3. The molecule has 0 saturated heterocycles. The molecule has 1 N–H and O–H groups in total. The van der Waals surface area contributed by atoms with E-state index in [4.69, 9.17) is 14.6 Å². The molecule has 1 aromatic carbocycles. The van der Waals surface area contributed by atoms with E-state index in [0.717, 1.165) is 0 Å². The van der Waals surface area contributed by atoms with Gasteiger partial charge in [0.25, 0.3) is 0 Å². The van der Waals surface area contributed by atoms with Crippen LogP contribution in [0.2, 0.25) is 0 Å². The first-order chi connectivity index (χ1) is 8.50. The third-order valence-electron chi connectivity index (χ3n) is 3.01. The lowest BCUT2D eigenvalue weighted by Crippen LogP contribution is -2.17. The fourth-order valence-electron chi connectivity index (χ4n) is 1.97. The summed E-state index contributed by atoms with van der Waals surface area (Å²) in [6.07, 6.45) is -1.25. The Morgan fingerprint density at radius 2 is 1.72 bits per heavy atom. The molecular weight excluding hydrogens is 239 g/mol. The number of carboxylic acids is 1. The van der Waals surface area contributed by atoms with E-state index in [9.17, 15) is 9.18 Å². The van der Waals surface area contributed by atoms with Crippen molar-refractivity contribution in [3.8, 4) is 11.5 Å². The number of fused-ring (bicyclic) bond motifs is 1. The van der Waals surface area contributed by atoms with Crippen LogP contribution in [0.25, 0.3) is 0 Å². The van der Waals surface area contributed by atoms with E-state index in [1.807, 2.05) is 0 Å². The molecule has 1 aliphatic rings. The molecule has 1 heterocycles. The molecule has 0 spiro atoms. The lowest BCUT2D eigenvalue weighted by molar-refractivity contribution is -0.138. The molecular formula is C13H15FO4. The summed E-state index contributed by atoms with van der Waals surface area (Å²) in [6.45, 7) is 3.74. The Balaban J connectivity index is 2.52. The number of carbonyl (C=O) groups is 1. The molecule has 0 radical (unpaired) electrons. The second-order valence-corrected chi connectivity index (χ2v) is 4.30. The van der Waals surface area contributed by atoms with Gasteiger partial charge in [-0.1, -0.05) is 0 Å². The number of hydrogen-bond donors (Lipinski definition) is 1. The highest BCUT2D eigenvalue weighted by atomic mass is 19.1. The van der Waals surface area contributed by atoms with E-state index >= 15 is 0 Å². The van der Waals surface area contributed by atoms with E-state index in [0.29, 0.717) is 35.8 Å². The van der Waals surface area contributed by atoms with Crippen molar-refractivity contribution in [3.63, 3.8) is 0 Å². The Bertz CT molecular complexity index is 470. The highest BCUT2D eigenvalue weighted by molar-refractivity contribution is 5.76. The number of halogens is 1. The van der Waals surface area contributed by atoms with Gasteiger partial charge >= 0.3 is 5.97 Å². The van der Waals surface area contributed by atoms with Crippen molar-refractivity contribution in [3.05, 3.63) is 23.3 Å². The first-order valence-electron chi connectivity index (χ1n) is 5.81. The first-order valence-corrected chi connectivity index (χ1v) is 5.81. The normalized spacial score (nSPS) is 17.1. The Labute approximate surface area is 104 Å². The molecule has 1 aliphatic heterocycles. The first kappa shape index (κ1) is 12.7. The molecule has 1 aromatic rings. The van der Waals surface area contributed by atoms with Crippen LogP contribution >= 0.6 is 0 Å². The van der Waals surface area contributed by atoms with Gasteiger partial charge in [-0.2, -0.15) is 0 Å². The summed E-state index contributed by atoms with van der Waals surface area (Å²) in [7, 11) is 0. The van der Waals surface area contributed by atoms with Gasteiger partial charge in [-0.05, 0) is 37.1 Å². The number of carboxylic acid groups (broad SMARTS) is 1. The predicted octanol–water partition coefficient (Wildman–Crippen LogP) is 2.68. The molecule has 98 valence electrons. The van der Waals surface area contributed by atoms with Gasteiger partial charge in [0.1, 0.15) is 19.4 Å². The van der Waals surface area contributed by atoms with Crippen molar-refractivity contribution in [2.75, 3.05) is 13.2 Å². The van der Waals surface area contributed by atoms with Gasteiger partial charge in [-0.15, -0.1) is 0 Å². The fraction of sp³-hybridized carbons (Fsp3) is 0.462. The van der Waals surface area contributed by atoms with Gasteiger partial charge in [-0.25, -0.2) is 4.39 Å². The molecule has 18 heavy (non-hydrogen) atoms. The second kappa shape index (κ2) is 4.84. The maximum atomic E-state index is 13.6. The number of ether oxygens (including phenoxy) is 2. The minimum atomic E-state index is -1.25. The maximum absolute atomic E-state index is 13.6. The Morgan fingerprint density at radius 3 is 2.17 bits per heavy atom. The lowest BCUT2D eigenvalue weighted by Gasteiger charge is -2.22. The van der Waals surface area contributed by atoms with Crippen LogP contribution < -0.4 is 9.47 Å². The van der Waals surface area contributed by atoms with Gasteiger partial charge in [-0.3, -0.25) is 4.79 Å². The summed E-state index contributed by atoms with van der Waals surface area (Å²) >= 11 is 0. The van der Waals surface area contributed by atoms with Gasteiger partial charge in [0.2, 0.25) is 0 Å². The molecule has 0 amide bonds. The molecule has 5 heteroatoms. The zero-order chi connectivity index (χ0) is 13.3. The van der Waals surface area contributed by atoms with Gasteiger partial charge in [0.05, 0.1) is 5.92 Å². The van der Waals surface area contributed by atoms with E-state index < -0.39 is 18.1 Å². The molecule has 0 bridgehead atoms. The number of alkyl halides is 1. The summed E-state index contributed by atoms with van der Waals surface area (Å²) in [6, 6.07) is 3.10. The summed E-state index contributed by atoms with van der Waals surface area (Å²) in [5, 5.41) is 9.05. The third kappa shape index (κ3) is 2.25. The molecule has 0 fully saturated rings. The van der Waals surface area contributed by atoms with Crippen molar-refractivity contribution in [2.45, 2.75) is 25.9 Å². The highest BCUT2D eigenvalue weighted by Crippen LogP contribution is 2.39. The zero-order valence-electron chi connectivity index (χ0n) is 10.3. The lowest BCUT2D eigenvalue weighted by atomic mass is 9.93. The summed E-state index contributed by atoms with van der Waals surface area (Å²) in [5.41, 5.74) is 0.774. The predicted molar refractivity (Wildman–Crippen MR) is 63.0 cm³/mol. The molecule has 0 saturated carbocycles. The van der Waals surface area contributed by atoms with E-state index in [-0.39, 0.29) is 0 Å². The van der Waals surface area contributed by atoms with Crippen LogP contribution in [0, 0.1) is 0 Å². The Kier molecular flexibility index (Phi) is 3.41. The number of benzene rings is 1. The minimum Gasteiger partial charge on any atom is -0.486 e. The average molecular weight is 254 g/mol. The monoisotopic (exact) mass is 254 g/mol. The maximum Gasteiger partial charge on any atom is 0.310 e. The van der Waals surface area contributed by atoms with Crippen molar-refractivity contribution < 1.29 is 23.8 Å². The van der Waals surface area contributed by atoms with Crippen LogP contribution in [-0.4, -0.2) is 24.3 Å². The minimum absolute atomic E-state index is 0.342. The van der Waals surface area contributed by atoms with E-state index in [1.54, 1.807) is 6.07 Å². The number of aliphatic carboxylic acids is 1. The van der Waals surface area contributed by atoms with Gasteiger partial charge < -0.3 is 14.6 Å². The molecule has 4 nitrogen and oxygen atoms in total. The van der Waals surface area contributed by atoms with E-state index in [2.05, 4.69) is 0 Å².